The maximum Gasteiger partial charge on any atom is 0.387 e. The fourth-order valence-corrected chi connectivity index (χ4v) is 2.87. The number of carboxylic acid groups (broad SMARTS) is 1. The molecule has 26 heavy (non-hydrogen) atoms. The molecular formula is C15H15F2N3O5S. The minimum atomic E-state index is -2.97. The first-order valence-corrected chi connectivity index (χ1v) is 8.29. The molecule has 0 aromatic heterocycles. The van der Waals surface area contributed by atoms with E-state index >= 15 is 0 Å². The van der Waals surface area contributed by atoms with E-state index in [9.17, 15) is 18.4 Å². The van der Waals surface area contributed by atoms with E-state index in [1.165, 1.54) is 24.4 Å². The number of carbonyl (C=O) groups is 2. The third-order valence-corrected chi connectivity index (χ3v) is 4.05. The molecule has 1 fully saturated rings. The highest BCUT2D eigenvalue weighted by Gasteiger charge is 2.32. The Balaban J connectivity index is 2.07. The maximum absolute atomic E-state index is 12.4. The summed E-state index contributed by atoms with van der Waals surface area (Å²) in [5, 5.41) is 18.2. The van der Waals surface area contributed by atoms with Gasteiger partial charge in [-0.1, -0.05) is 11.8 Å². The van der Waals surface area contributed by atoms with Crippen LogP contribution in [0.4, 0.5) is 8.78 Å². The van der Waals surface area contributed by atoms with Gasteiger partial charge >= 0.3 is 12.6 Å². The van der Waals surface area contributed by atoms with Crippen molar-refractivity contribution >= 4 is 35.0 Å². The van der Waals surface area contributed by atoms with Crippen molar-refractivity contribution in [3.8, 4) is 11.5 Å². The van der Waals surface area contributed by atoms with Crippen molar-refractivity contribution in [3.63, 3.8) is 0 Å². The van der Waals surface area contributed by atoms with Crippen LogP contribution in [0.25, 0.3) is 0 Å². The quantitative estimate of drug-likeness (QED) is 0.522. The van der Waals surface area contributed by atoms with Crippen LogP contribution in [-0.4, -0.2) is 46.8 Å². The van der Waals surface area contributed by atoms with Gasteiger partial charge in [-0.2, -0.15) is 13.9 Å². The molecule has 2 N–H and O–H groups in total. The number of halogens is 2. The van der Waals surface area contributed by atoms with Crippen LogP contribution in [-0.2, 0) is 9.59 Å². The first-order valence-electron chi connectivity index (χ1n) is 7.41. The number of hydrogen-bond acceptors (Lipinski definition) is 7. The number of carbonyl (C=O) groups excluding carboxylic acids is 1. The van der Waals surface area contributed by atoms with Gasteiger partial charge in [0.25, 0.3) is 0 Å². The number of nitrogens with one attached hydrogen (secondary N) is 1. The highest BCUT2D eigenvalue weighted by atomic mass is 32.2. The van der Waals surface area contributed by atoms with Crippen LogP contribution >= 0.6 is 11.8 Å². The molecule has 1 atom stereocenters. The van der Waals surface area contributed by atoms with E-state index in [0.29, 0.717) is 5.56 Å². The number of ether oxygens (including phenoxy) is 2. The van der Waals surface area contributed by atoms with Gasteiger partial charge in [0.1, 0.15) is 5.25 Å². The van der Waals surface area contributed by atoms with Gasteiger partial charge in [-0.25, -0.2) is 0 Å². The number of carboxylic acids is 1. The van der Waals surface area contributed by atoms with Crippen molar-refractivity contribution < 1.29 is 33.0 Å². The molecule has 0 radical (unpaired) electrons. The number of benzene rings is 1. The zero-order valence-electron chi connectivity index (χ0n) is 13.5. The molecule has 0 aliphatic carbocycles. The van der Waals surface area contributed by atoms with Crippen LogP contribution in [0.3, 0.4) is 0 Å². The maximum atomic E-state index is 12.4. The van der Waals surface area contributed by atoms with Gasteiger partial charge in [0.2, 0.25) is 5.91 Å². The molecule has 11 heteroatoms. The third-order valence-electron chi connectivity index (χ3n) is 2.98. The second kappa shape index (κ2) is 9.13. The molecule has 8 nitrogen and oxygen atoms in total. The van der Waals surface area contributed by atoms with Crippen molar-refractivity contribution in [2.45, 2.75) is 25.2 Å². The van der Waals surface area contributed by atoms with Gasteiger partial charge in [0.15, 0.2) is 16.7 Å². The fourth-order valence-electron chi connectivity index (χ4n) is 1.96. The van der Waals surface area contributed by atoms with Gasteiger partial charge < -0.3 is 19.9 Å². The molecule has 1 heterocycles. The van der Waals surface area contributed by atoms with Gasteiger partial charge in [-0.15, -0.1) is 5.10 Å². The highest BCUT2D eigenvalue weighted by molar-refractivity contribution is 8.15. The predicted octanol–water partition coefficient (Wildman–Crippen LogP) is 2.08. The molecule has 2 rings (SSSR count). The molecular weight excluding hydrogens is 372 g/mol. The molecule has 1 aromatic carbocycles. The fraction of sp³-hybridized carbons (Fsp3) is 0.333. The molecule has 0 bridgehead atoms. The largest absolute Gasteiger partial charge is 0.490 e. The third kappa shape index (κ3) is 5.69. The Morgan fingerprint density at radius 2 is 2.23 bits per heavy atom. The summed E-state index contributed by atoms with van der Waals surface area (Å²) in [6, 6.07) is 4.26. The lowest BCUT2D eigenvalue weighted by Gasteiger charge is -2.11. The Morgan fingerprint density at radius 3 is 2.88 bits per heavy atom. The van der Waals surface area contributed by atoms with E-state index in [-0.39, 0.29) is 29.7 Å². The van der Waals surface area contributed by atoms with Crippen LogP contribution in [0, 0.1) is 0 Å². The van der Waals surface area contributed by atoms with E-state index in [4.69, 9.17) is 9.84 Å². The van der Waals surface area contributed by atoms with Gasteiger partial charge in [-0.05, 0) is 30.7 Å². The van der Waals surface area contributed by atoms with Crippen molar-refractivity contribution in [1.82, 2.24) is 5.32 Å². The van der Waals surface area contributed by atoms with Crippen molar-refractivity contribution in [1.29, 1.82) is 0 Å². The Hall–Kier alpha value is -2.69. The van der Waals surface area contributed by atoms with Crippen molar-refractivity contribution in [3.05, 3.63) is 23.8 Å². The molecule has 1 amide bonds. The number of hydrogen-bond donors (Lipinski definition) is 2. The first kappa shape index (κ1) is 19.6. The Labute approximate surface area is 151 Å². The Bertz CT molecular complexity index is 742. The van der Waals surface area contributed by atoms with Gasteiger partial charge in [0, 0.05) is 0 Å². The van der Waals surface area contributed by atoms with Gasteiger partial charge in [0.05, 0.1) is 19.2 Å². The predicted molar refractivity (Wildman–Crippen MR) is 91.0 cm³/mol. The number of thioether (sulfide) groups is 1. The monoisotopic (exact) mass is 387 g/mol. The average molecular weight is 387 g/mol. The average Bonchev–Trinajstić information content (AvgIpc) is 2.89. The zero-order chi connectivity index (χ0) is 19.1. The number of nitrogens with zero attached hydrogens (tertiary/aromatic N) is 2. The van der Waals surface area contributed by atoms with E-state index in [1.807, 2.05) is 0 Å². The topological polar surface area (TPSA) is 110 Å². The zero-order valence-corrected chi connectivity index (χ0v) is 14.3. The van der Waals surface area contributed by atoms with E-state index in [2.05, 4.69) is 20.3 Å². The molecule has 1 unspecified atom stereocenters. The van der Waals surface area contributed by atoms with Crippen LogP contribution in [0.1, 0.15) is 18.9 Å². The Kier molecular flexibility index (Phi) is 6.89. The number of aliphatic carboxylic acids is 1. The molecule has 1 aliphatic heterocycles. The van der Waals surface area contributed by atoms with Crippen LogP contribution in [0.5, 0.6) is 11.5 Å². The second-order valence-electron chi connectivity index (χ2n) is 4.86. The minimum absolute atomic E-state index is 0.0968. The molecule has 1 aromatic rings. The summed E-state index contributed by atoms with van der Waals surface area (Å²) < 4.78 is 34.3. The molecule has 0 saturated carbocycles. The summed E-state index contributed by atoms with van der Waals surface area (Å²) >= 11 is 0.970. The van der Waals surface area contributed by atoms with Crippen molar-refractivity contribution in [2.75, 3.05) is 6.61 Å². The van der Waals surface area contributed by atoms with Crippen molar-refractivity contribution in [2.24, 2.45) is 10.2 Å². The minimum Gasteiger partial charge on any atom is -0.490 e. The number of alkyl halides is 2. The second-order valence-corrected chi connectivity index (χ2v) is 6.05. The summed E-state index contributed by atoms with van der Waals surface area (Å²) in [7, 11) is 0. The lowest BCUT2D eigenvalue weighted by Crippen LogP contribution is -2.26. The Morgan fingerprint density at radius 1 is 1.46 bits per heavy atom. The summed E-state index contributed by atoms with van der Waals surface area (Å²) in [6.07, 6.45) is 1.02. The summed E-state index contributed by atoms with van der Waals surface area (Å²) in [5.74, 6) is -1.50. The lowest BCUT2D eigenvalue weighted by atomic mass is 10.2. The van der Waals surface area contributed by atoms with E-state index < -0.39 is 23.7 Å². The normalized spacial score (nSPS) is 18.5. The molecule has 0 spiro atoms. The molecule has 140 valence electrons. The van der Waals surface area contributed by atoms with Crippen LogP contribution in [0.2, 0.25) is 0 Å². The standard InChI is InChI=1S/C15H15F2N3O5S/c1-2-24-10-5-8(3-4-9(10)25-14(16)17)7-18-20-15-19-13(23)11(26-15)6-12(21)22/h3-5,7,11,14H,2,6H2,1H3,(H,21,22)(H,19,20,23). The highest BCUT2D eigenvalue weighted by Crippen LogP contribution is 2.29. The number of rotatable bonds is 8. The number of amidine groups is 1. The van der Waals surface area contributed by atoms with Crippen LogP contribution in [0.15, 0.2) is 28.4 Å². The smallest absolute Gasteiger partial charge is 0.387 e. The summed E-state index contributed by atoms with van der Waals surface area (Å²) in [4.78, 5) is 22.2. The van der Waals surface area contributed by atoms with E-state index in [0.717, 1.165) is 11.8 Å². The molecule has 1 aliphatic rings. The van der Waals surface area contributed by atoms with Gasteiger partial charge in [-0.3, -0.25) is 9.59 Å². The lowest BCUT2D eigenvalue weighted by molar-refractivity contribution is -0.138. The first-order chi connectivity index (χ1) is 12.4. The van der Waals surface area contributed by atoms with Crippen LogP contribution < -0.4 is 14.8 Å². The SMILES string of the molecule is CCOc1cc(C=NN=C2NC(=O)C(CC(=O)O)S2)ccc1OC(F)F. The number of amides is 1. The summed E-state index contributed by atoms with van der Waals surface area (Å²) in [5.41, 5.74) is 0.510. The summed E-state index contributed by atoms with van der Waals surface area (Å²) in [6.45, 7) is -1.01. The van der Waals surface area contributed by atoms with E-state index in [1.54, 1.807) is 6.92 Å². The molecule has 1 saturated heterocycles.